The van der Waals surface area contributed by atoms with Crippen LogP contribution in [0.2, 0.25) is 0 Å². The number of carbonyl (C=O) groups is 2. The summed E-state index contributed by atoms with van der Waals surface area (Å²) in [6, 6.07) is 0.501. The fraction of sp³-hybridized carbons (Fsp3) is 0.882. The van der Waals surface area contributed by atoms with Gasteiger partial charge >= 0.3 is 6.09 Å². The molecular weight excluding hydrogens is 294 g/mol. The molecule has 132 valence electrons. The Morgan fingerprint density at radius 2 is 1.70 bits per heavy atom. The van der Waals surface area contributed by atoms with Gasteiger partial charge in [0, 0.05) is 43.7 Å². The fourth-order valence-corrected chi connectivity index (χ4v) is 4.00. The van der Waals surface area contributed by atoms with Crippen LogP contribution in [0.4, 0.5) is 4.79 Å². The van der Waals surface area contributed by atoms with Crippen molar-refractivity contribution in [3.63, 3.8) is 0 Å². The van der Waals surface area contributed by atoms with Crippen LogP contribution in [0, 0.1) is 11.3 Å². The smallest absolute Gasteiger partial charge is 0.407 e. The van der Waals surface area contributed by atoms with Gasteiger partial charge in [0.05, 0.1) is 0 Å². The van der Waals surface area contributed by atoms with Crippen molar-refractivity contribution >= 4 is 12.0 Å². The van der Waals surface area contributed by atoms with Crippen molar-refractivity contribution in [3.8, 4) is 0 Å². The van der Waals surface area contributed by atoms with Gasteiger partial charge in [-0.2, -0.15) is 0 Å². The average Bonchev–Trinajstić information content (AvgIpc) is 2.43. The van der Waals surface area contributed by atoms with Crippen LogP contribution in [-0.2, 0) is 4.79 Å². The predicted molar refractivity (Wildman–Crippen MR) is 89.3 cm³/mol. The molecule has 0 aliphatic carbocycles. The summed E-state index contributed by atoms with van der Waals surface area (Å²) in [5, 5.41) is 12.9. The van der Waals surface area contributed by atoms with Crippen molar-refractivity contribution in [1.82, 2.24) is 15.1 Å². The zero-order chi connectivity index (χ0) is 17.4. The minimum atomic E-state index is -0.875. The number of piperidine rings is 1. The maximum absolute atomic E-state index is 12.9. The molecule has 2 N–H and O–H groups in total. The molecule has 6 heteroatoms. The number of rotatable bonds is 1. The van der Waals surface area contributed by atoms with Gasteiger partial charge < -0.3 is 20.2 Å². The first-order valence-corrected chi connectivity index (χ1v) is 8.64. The van der Waals surface area contributed by atoms with Gasteiger partial charge in [-0.1, -0.05) is 20.8 Å². The van der Waals surface area contributed by atoms with Crippen molar-refractivity contribution < 1.29 is 14.7 Å². The number of carbonyl (C=O) groups excluding carboxylic acids is 1. The SMILES string of the molecule is CC1CN(C(=O)C2CCN(C(=O)O)C(C(C)(C)C)C2)CC(C)N1. The van der Waals surface area contributed by atoms with Gasteiger partial charge in [-0.05, 0) is 32.1 Å². The topological polar surface area (TPSA) is 72.9 Å². The third kappa shape index (κ3) is 4.16. The van der Waals surface area contributed by atoms with Crippen LogP contribution in [0.5, 0.6) is 0 Å². The molecule has 0 aromatic rings. The van der Waals surface area contributed by atoms with E-state index in [0.29, 0.717) is 31.5 Å². The lowest BCUT2D eigenvalue weighted by atomic mass is 9.76. The van der Waals surface area contributed by atoms with E-state index in [1.165, 1.54) is 4.90 Å². The number of nitrogens with zero attached hydrogens (tertiary/aromatic N) is 2. The van der Waals surface area contributed by atoms with Gasteiger partial charge in [0.1, 0.15) is 0 Å². The minimum absolute atomic E-state index is 0.0627. The van der Waals surface area contributed by atoms with E-state index in [1.54, 1.807) is 0 Å². The molecule has 0 spiro atoms. The molecule has 2 aliphatic heterocycles. The number of hydrogen-bond donors (Lipinski definition) is 2. The lowest BCUT2D eigenvalue weighted by Gasteiger charge is -2.46. The maximum Gasteiger partial charge on any atom is 0.407 e. The maximum atomic E-state index is 12.9. The molecule has 0 bridgehead atoms. The van der Waals surface area contributed by atoms with Gasteiger partial charge in [-0.25, -0.2) is 4.79 Å². The molecule has 23 heavy (non-hydrogen) atoms. The lowest BCUT2D eigenvalue weighted by molar-refractivity contribution is -0.140. The molecule has 0 radical (unpaired) electrons. The van der Waals surface area contributed by atoms with Crippen LogP contribution in [0.3, 0.4) is 0 Å². The van der Waals surface area contributed by atoms with Crippen LogP contribution < -0.4 is 5.32 Å². The summed E-state index contributed by atoms with van der Waals surface area (Å²) in [5.41, 5.74) is -0.165. The highest BCUT2D eigenvalue weighted by Gasteiger charge is 2.42. The van der Waals surface area contributed by atoms with E-state index in [9.17, 15) is 14.7 Å². The number of nitrogens with one attached hydrogen (secondary N) is 1. The molecule has 2 saturated heterocycles. The Kier molecular flexibility index (Phi) is 5.23. The van der Waals surface area contributed by atoms with Gasteiger partial charge in [-0.3, -0.25) is 4.79 Å². The molecular formula is C17H31N3O3. The summed E-state index contributed by atoms with van der Waals surface area (Å²) >= 11 is 0. The highest BCUT2D eigenvalue weighted by molar-refractivity contribution is 5.79. The standard InChI is InChI=1S/C17H31N3O3/c1-11-9-19(10-12(2)18-11)15(21)13-6-7-20(16(22)23)14(8-13)17(3,4)5/h11-14,18H,6-10H2,1-5H3,(H,22,23). The second-order valence-electron chi connectivity index (χ2n) is 8.29. The van der Waals surface area contributed by atoms with Gasteiger partial charge in [-0.15, -0.1) is 0 Å². The highest BCUT2D eigenvalue weighted by atomic mass is 16.4. The number of carboxylic acid groups (broad SMARTS) is 1. The Hall–Kier alpha value is -1.30. The van der Waals surface area contributed by atoms with E-state index < -0.39 is 6.09 Å². The first-order chi connectivity index (χ1) is 10.6. The Balaban J connectivity index is 2.09. The van der Waals surface area contributed by atoms with E-state index in [2.05, 4.69) is 39.9 Å². The molecule has 0 saturated carbocycles. The summed E-state index contributed by atoms with van der Waals surface area (Å²) in [4.78, 5) is 27.9. The highest BCUT2D eigenvalue weighted by Crippen LogP contribution is 2.35. The van der Waals surface area contributed by atoms with Crippen molar-refractivity contribution in [2.24, 2.45) is 11.3 Å². The van der Waals surface area contributed by atoms with Crippen LogP contribution in [0.15, 0.2) is 0 Å². The quantitative estimate of drug-likeness (QED) is 0.773. The summed E-state index contributed by atoms with van der Waals surface area (Å²) in [7, 11) is 0. The van der Waals surface area contributed by atoms with E-state index >= 15 is 0 Å². The molecule has 2 rings (SSSR count). The van der Waals surface area contributed by atoms with Crippen LogP contribution in [-0.4, -0.2) is 64.7 Å². The molecule has 2 fully saturated rings. The summed E-state index contributed by atoms with van der Waals surface area (Å²) in [6.07, 6.45) is 0.381. The third-order valence-corrected chi connectivity index (χ3v) is 5.07. The lowest BCUT2D eigenvalue weighted by Crippen LogP contribution is -2.59. The van der Waals surface area contributed by atoms with E-state index in [1.807, 2.05) is 4.90 Å². The second-order valence-corrected chi connectivity index (χ2v) is 8.29. The number of amides is 2. The second kappa shape index (κ2) is 6.67. The zero-order valence-corrected chi connectivity index (χ0v) is 15.0. The van der Waals surface area contributed by atoms with Crippen LogP contribution in [0.1, 0.15) is 47.5 Å². The Morgan fingerprint density at radius 3 is 2.17 bits per heavy atom. The van der Waals surface area contributed by atoms with Crippen molar-refractivity contribution in [3.05, 3.63) is 0 Å². The number of piperazine rings is 1. The molecule has 0 aromatic heterocycles. The molecule has 2 aliphatic rings. The van der Waals surface area contributed by atoms with Gasteiger partial charge in [0.25, 0.3) is 0 Å². The van der Waals surface area contributed by atoms with Crippen LogP contribution in [0.25, 0.3) is 0 Å². The molecule has 4 atom stereocenters. The van der Waals surface area contributed by atoms with Crippen LogP contribution >= 0.6 is 0 Å². The molecule has 0 aromatic carbocycles. The molecule has 2 heterocycles. The van der Waals surface area contributed by atoms with Gasteiger partial charge in [0.2, 0.25) is 5.91 Å². The average molecular weight is 325 g/mol. The minimum Gasteiger partial charge on any atom is -0.465 e. The normalized spacial score (nSPS) is 32.7. The molecule has 6 nitrogen and oxygen atoms in total. The van der Waals surface area contributed by atoms with Crippen molar-refractivity contribution in [2.75, 3.05) is 19.6 Å². The van der Waals surface area contributed by atoms with Gasteiger partial charge in [0.15, 0.2) is 0 Å². The van der Waals surface area contributed by atoms with Crippen molar-refractivity contribution in [2.45, 2.75) is 65.6 Å². The molecule has 2 amide bonds. The predicted octanol–water partition coefficient (Wildman–Crippen LogP) is 2.00. The third-order valence-electron chi connectivity index (χ3n) is 5.07. The fourth-order valence-electron chi connectivity index (χ4n) is 4.00. The first-order valence-electron chi connectivity index (χ1n) is 8.64. The first kappa shape index (κ1) is 18.0. The number of likely N-dealkylation sites (tertiary alicyclic amines) is 1. The summed E-state index contributed by atoms with van der Waals surface area (Å²) < 4.78 is 0. The Bertz CT molecular complexity index is 450. The Labute approximate surface area is 139 Å². The Morgan fingerprint density at radius 1 is 1.13 bits per heavy atom. The zero-order valence-electron chi connectivity index (χ0n) is 15.0. The summed E-state index contributed by atoms with van der Waals surface area (Å²) in [6.45, 7) is 12.3. The largest absolute Gasteiger partial charge is 0.465 e. The van der Waals surface area contributed by atoms with E-state index in [4.69, 9.17) is 0 Å². The van der Waals surface area contributed by atoms with E-state index in [0.717, 1.165) is 13.1 Å². The monoisotopic (exact) mass is 325 g/mol. The van der Waals surface area contributed by atoms with Crippen molar-refractivity contribution in [1.29, 1.82) is 0 Å². The molecule has 4 unspecified atom stereocenters. The summed E-state index contributed by atoms with van der Waals surface area (Å²) in [5.74, 6) is 0.136. The number of hydrogen-bond acceptors (Lipinski definition) is 3. The van der Waals surface area contributed by atoms with E-state index in [-0.39, 0.29) is 23.3 Å².